The first-order valence-electron chi connectivity index (χ1n) is 17.1. The molecule has 0 aromatic heterocycles. The number of unbranched alkanes of at least 4 members (excludes halogenated alkanes) is 11. The van der Waals surface area contributed by atoms with Crippen molar-refractivity contribution >= 4 is 11.9 Å². The fourth-order valence-corrected chi connectivity index (χ4v) is 5.21. The molecule has 1 unspecified atom stereocenters. The Kier molecular flexibility index (Phi) is 16.4. The predicted octanol–water partition coefficient (Wildman–Crippen LogP) is 11.5. The number of esters is 2. The van der Waals surface area contributed by atoms with E-state index in [-0.39, 0.29) is 17.7 Å². The molecular formula is C39H49F3O5. The quantitative estimate of drug-likeness (QED) is 0.0650. The molecule has 0 saturated heterocycles. The molecular weight excluding hydrogens is 605 g/mol. The Morgan fingerprint density at radius 3 is 1.57 bits per heavy atom. The Balaban J connectivity index is 1.43. The van der Waals surface area contributed by atoms with Crippen LogP contribution in [-0.4, -0.2) is 30.8 Å². The molecule has 0 heterocycles. The molecule has 3 aromatic rings. The molecule has 0 aliphatic heterocycles. The van der Waals surface area contributed by atoms with Crippen LogP contribution in [-0.2, 0) is 4.74 Å². The van der Waals surface area contributed by atoms with E-state index in [1.54, 1.807) is 12.1 Å². The molecule has 0 fully saturated rings. The third kappa shape index (κ3) is 13.8. The van der Waals surface area contributed by atoms with Crippen LogP contribution in [0.4, 0.5) is 13.2 Å². The molecule has 3 aromatic carbocycles. The van der Waals surface area contributed by atoms with Crippen LogP contribution in [0.3, 0.4) is 0 Å². The highest BCUT2D eigenvalue weighted by molar-refractivity contribution is 5.92. The maximum Gasteiger partial charge on any atom is 0.425 e. The summed E-state index contributed by atoms with van der Waals surface area (Å²) in [5.74, 6) is -0.693. The van der Waals surface area contributed by atoms with Gasteiger partial charge < -0.3 is 14.2 Å². The molecule has 0 N–H and O–H groups in total. The summed E-state index contributed by atoms with van der Waals surface area (Å²) >= 11 is 0. The molecule has 0 saturated carbocycles. The molecule has 0 bridgehead atoms. The van der Waals surface area contributed by atoms with Gasteiger partial charge in [-0.3, -0.25) is 0 Å². The molecule has 256 valence electrons. The summed E-state index contributed by atoms with van der Waals surface area (Å²) in [4.78, 5) is 25.1. The molecule has 47 heavy (non-hydrogen) atoms. The average Bonchev–Trinajstić information content (AvgIpc) is 3.07. The van der Waals surface area contributed by atoms with E-state index in [1.165, 1.54) is 75.6 Å². The van der Waals surface area contributed by atoms with Gasteiger partial charge in [-0.1, -0.05) is 109 Å². The number of carbonyl (C=O) groups is 2. The molecule has 0 radical (unpaired) electrons. The number of hydrogen-bond acceptors (Lipinski definition) is 5. The number of ether oxygens (including phenoxy) is 3. The van der Waals surface area contributed by atoms with Crippen molar-refractivity contribution in [3.05, 3.63) is 83.9 Å². The lowest BCUT2D eigenvalue weighted by Gasteiger charge is -2.20. The van der Waals surface area contributed by atoms with Gasteiger partial charge in [-0.25, -0.2) is 9.59 Å². The lowest BCUT2D eigenvalue weighted by molar-refractivity contribution is -0.206. The minimum atomic E-state index is -4.64. The van der Waals surface area contributed by atoms with Gasteiger partial charge in [0.05, 0.1) is 17.7 Å². The normalized spacial score (nSPS) is 12.0. The summed E-state index contributed by atoms with van der Waals surface area (Å²) in [5.41, 5.74) is 2.18. The van der Waals surface area contributed by atoms with Crippen molar-refractivity contribution in [1.29, 1.82) is 0 Å². The van der Waals surface area contributed by atoms with Gasteiger partial charge in [-0.15, -0.1) is 0 Å². The molecule has 8 heteroatoms. The van der Waals surface area contributed by atoms with Gasteiger partial charge in [0.2, 0.25) is 0 Å². The van der Waals surface area contributed by atoms with Crippen molar-refractivity contribution in [2.45, 2.75) is 116 Å². The minimum Gasteiger partial charge on any atom is -0.494 e. The van der Waals surface area contributed by atoms with Gasteiger partial charge >= 0.3 is 18.1 Å². The van der Waals surface area contributed by atoms with E-state index in [1.807, 2.05) is 43.3 Å². The average molecular weight is 655 g/mol. The van der Waals surface area contributed by atoms with Gasteiger partial charge in [-0.2, -0.15) is 13.2 Å². The zero-order valence-corrected chi connectivity index (χ0v) is 27.8. The van der Waals surface area contributed by atoms with Gasteiger partial charge in [0.25, 0.3) is 0 Å². The van der Waals surface area contributed by atoms with E-state index in [4.69, 9.17) is 14.2 Å². The second kappa shape index (κ2) is 20.4. The van der Waals surface area contributed by atoms with Gasteiger partial charge in [-0.05, 0) is 78.9 Å². The van der Waals surface area contributed by atoms with Crippen LogP contribution in [0.5, 0.6) is 11.5 Å². The van der Waals surface area contributed by atoms with Crippen molar-refractivity contribution in [3.63, 3.8) is 0 Å². The van der Waals surface area contributed by atoms with Gasteiger partial charge in [0, 0.05) is 0 Å². The van der Waals surface area contributed by atoms with Crippen LogP contribution in [0, 0.1) is 0 Å². The fraction of sp³-hybridized carbons (Fsp3) is 0.487. The van der Waals surface area contributed by atoms with Crippen molar-refractivity contribution in [1.82, 2.24) is 0 Å². The summed E-state index contributed by atoms with van der Waals surface area (Å²) in [5, 5.41) is 0. The van der Waals surface area contributed by atoms with Crippen LogP contribution < -0.4 is 9.47 Å². The first-order chi connectivity index (χ1) is 22.7. The summed E-state index contributed by atoms with van der Waals surface area (Å²) in [6.45, 7) is 4.91. The third-order valence-corrected chi connectivity index (χ3v) is 8.06. The van der Waals surface area contributed by atoms with Crippen molar-refractivity contribution in [3.8, 4) is 22.6 Å². The summed E-state index contributed by atoms with van der Waals surface area (Å²) < 4.78 is 56.3. The largest absolute Gasteiger partial charge is 0.494 e. The van der Waals surface area contributed by atoms with E-state index in [0.717, 1.165) is 36.1 Å². The molecule has 5 nitrogen and oxygen atoms in total. The smallest absolute Gasteiger partial charge is 0.425 e. The van der Waals surface area contributed by atoms with Crippen molar-refractivity contribution < 1.29 is 37.0 Å². The SMILES string of the molecule is CCCCCCCCCCCOc1ccc(-c2ccc(C(=O)Oc3ccc(C(=O)OC(CCCCCC)C(F)(F)F)cc3)cc2)cc1. The molecule has 3 rings (SSSR count). The second-order valence-corrected chi connectivity index (χ2v) is 12.0. The number of alkyl halides is 3. The number of benzene rings is 3. The predicted molar refractivity (Wildman–Crippen MR) is 180 cm³/mol. The van der Waals surface area contributed by atoms with E-state index < -0.39 is 24.2 Å². The molecule has 0 amide bonds. The highest BCUT2D eigenvalue weighted by atomic mass is 19.4. The number of halogens is 3. The lowest BCUT2D eigenvalue weighted by atomic mass is 10.0. The maximum absolute atomic E-state index is 13.4. The van der Waals surface area contributed by atoms with Crippen molar-refractivity contribution in [2.75, 3.05) is 6.61 Å². The molecule has 0 aliphatic carbocycles. The zero-order valence-electron chi connectivity index (χ0n) is 27.8. The Morgan fingerprint density at radius 2 is 1.02 bits per heavy atom. The van der Waals surface area contributed by atoms with Crippen molar-refractivity contribution in [2.24, 2.45) is 0 Å². The first-order valence-corrected chi connectivity index (χ1v) is 17.1. The van der Waals surface area contributed by atoms with Crippen LogP contribution in [0.15, 0.2) is 72.8 Å². The lowest BCUT2D eigenvalue weighted by Crippen LogP contribution is -2.33. The molecule has 0 spiro atoms. The van der Waals surface area contributed by atoms with Crippen LogP contribution in [0.25, 0.3) is 11.1 Å². The summed E-state index contributed by atoms with van der Waals surface area (Å²) in [7, 11) is 0. The fourth-order valence-electron chi connectivity index (χ4n) is 5.21. The number of carbonyl (C=O) groups excluding carboxylic acids is 2. The van der Waals surface area contributed by atoms with Crippen LogP contribution >= 0.6 is 0 Å². The Bertz CT molecular complexity index is 1320. The standard InChI is InChI=1S/C39H49F3O5/c1-3-5-7-9-10-11-12-13-15-29-45-34-25-21-31(22-26-34)30-17-19-32(20-18-30)37(43)46-35-27-23-33(24-28-35)38(44)47-36(39(40,41)42)16-14-8-6-4-2/h17-28,36H,3-16,29H2,1-2H3. The minimum absolute atomic E-state index is 0.0584. The van der Waals surface area contributed by atoms with Crippen LogP contribution in [0.1, 0.15) is 124 Å². The van der Waals surface area contributed by atoms with Crippen LogP contribution in [0.2, 0.25) is 0 Å². The topological polar surface area (TPSA) is 61.8 Å². The third-order valence-electron chi connectivity index (χ3n) is 8.06. The first kappa shape index (κ1) is 37.6. The zero-order chi connectivity index (χ0) is 33.9. The van der Waals surface area contributed by atoms with E-state index >= 15 is 0 Å². The Labute approximate surface area is 277 Å². The maximum atomic E-state index is 13.4. The number of hydrogen-bond donors (Lipinski definition) is 0. The van der Waals surface area contributed by atoms with E-state index in [0.29, 0.717) is 25.0 Å². The molecule has 1 atom stereocenters. The summed E-state index contributed by atoms with van der Waals surface area (Å²) in [6.07, 6.45) is 7.06. The number of rotatable bonds is 21. The monoisotopic (exact) mass is 654 g/mol. The highest BCUT2D eigenvalue weighted by Crippen LogP contribution is 2.29. The second-order valence-electron chi connectivity index (χ2n) is 12.0. The Morgan fingerprint density at radius 1 is 0.574 bits per heavy atom. The van der Waals surface area contributed by atoms with E-state index in [2.05, 4.69) is 6.92 Å². The van der Waals surface area contributed by atoms with Gasteiger partial charge in [0.15, 0.2) is 6.10 Å². The van der Waals surface area contributed by atoms with Gasteiger partial charge in [0.1, 0.15) is 11.5 Å². The van der Waals surface area contributed by atoms with E-state index in [9.17, 15) is 22.8 Å². The summed E-state index contributed by atoms with van der Waals surface area (Å²) in [6, 6.07) is 20.1. The molecule has 0 aliphatic rings. The Hall–Kier alpha value is -3.81. The highest BCUT2D eigenvalue weighted by Gasteiger charge is 2.42.